The summed E-state index contributed by atoms with van der Waals surface area (Å²) < 4.78 is 76.7. The van der Waals surface area contributed by atoms with Crippen LogP contribution in [0.15, 0.2) is 35.4 Å². The van der Waals surface area contributed by atoms with Gasteiger partial charge in [-0.1, -0.05) is 30.3 Å². The number of halogens is 6. The van der Waals surface area contributed by atoms with Gasteiger partial charge >= 0.3 is 12.4 Å². The first kappa shape index (κ1) is 17.3. The molecule has 0 spiro atoms. The van der Waals surface area contributed by atoms with Crippen molar-refractivity contribution in [1.29, 1.82) is 0 Å². The van der Waals surface area contributed by atoms with Gasteiger partial charge in [-0.25, -0.2) is 0 Å². The molecule has 1 amide bonds. The normalized spacial score (nSPS) is 22.2. The molecule has 1 N–H and O–H groups in total. The highest BCUT2D eigenvalue weighted by molar-refractivity contribution is 5.94. The van der Waals surface area contributed by atoms with Crippen LogP contribution in [-0.4, -0.2) is 39.8 Å². The summed E-state index contributed by atoms with van der Waals surface area (Å²) in [5.74, 6) is -1.39. The summed E-state index contributed by atoms with van der Waals surface area (Å²) in [6, 6.07) is 7.43. The summed E-state index contributed by atoms with van der Waals surface area (Å²) in [5, 5.41) is 11.8. The summed E-state index contributed by atoms with van der Waals surface area (Å²) in [5.41, 5.74) is -5.60. The lowest BCUT2D eigenvalue weighted by molar-refractivity contribution is -0.302. The van der Waals surface area contributed by atoms with Gasteiger partial charge in [0.25, 0.3) is 5.72 Å². The van der Waals surface area contributed by atoms with E-state index < -0.39 is 47.5 Å². The fourth-order valence-electron chi connectivity index (χ4n) is 2.03. The molecule has 10 heteroatoms. The third-order valence-electron chi connectivity index (χ3n) is 3.20. The number of hydrazone groups is 1. The summed E-state index contributed by atoms with van der Waals surface area (Å²) in [4.78, 5) is 11.9. The molecule has 0 bridgehead atoms. The van der Waals surface area contributed by atoms with E-state index in [9.17, 15) is 36.2 Å². The van der Waals surface area contributed by atoms with Gasteiger partial charge in [-0.05, 0) is 5.56 Å². The molecule has 4 nitrogen and oxygen atoms in total. The summed E-state index contributed by atoms with van der Waals surface area (Å²) in [6.45, 7) is 0. The van der Waals surface area contributed by atoms with Crippen molar-refractivity contribution in [2.24, 2.45) is 5.10 Å². The number of carbonyl (C=O) groups is 1. The molecule has 1 aromatic rings. The molecule has 1 heterocycles. The quantitative estimate of drug-likeness (QED) is 0.842. The van der Waals surface area contributed by atoms with E-state index in [1.165, 1.54) is 24.3 Å². The largest absolute Gasteiger partial charge is 0.438 e. The van der Waals surface area contributed by atoms with Crippen molar-refractivity contribution in [2.45, 2.75) is 30.9 Å². The molecule has 0 aromatic heterocycles. The standard InChI is InChI=1S/C13H10F6N2O2/c14-12(15,16)9-7-11(23,13(17,18)19)21(20-9)10(22)6-8-4-2-1-3-5-8/h1-5,23H,6-7H2/t11-/m0/s1. The van der Waals surface area contributed by atoms with Crippen LogP contribution in [0.25, 0.3) is 0 Å². The summed E-state index contributed by atoms with van der Waals surface area (Å²) in [6.07, 6.45) is -13.2. The Morgan fingerprint density at radius 2 is 1.74 bits per heavy atom. The van der Waals surface area contributed by atoms with Gasteiger partial charge < -0.3 is 5.11 Å². The van der Waals surface area contributed by atoms with Crippen LogP contribution in [0, 0.1) is 0 Å². The van der Waals surface area contributed by atoms with E-state index in [0.29, 0.717) is 0 Å². The van der Waals surface area contributed by atoms with Gasteiger partial charge in [-0.15, -0.1) is 0 Å². The van der Waals surface area contributed by atoms with Gasteiger partial charge in [0.15, 0.2) is 0 Å². The molecule has 2 rings (SSSR count). The minimum atomic E-state index is -5.49. The zero-order valence-electron chi connectivity index (χ0n) is 11.3. The van der Waals surface area contributed by atoms with Crippen molar-refractivity contribution in [3.8, 4) is 0 Å². The topological polar surface area (TPSA) is 52.9 Å². The van der Waals surface area contributed by atoms with Crippen molar-refractivity contribution >= 4 is 11.6 Å². The van der Waals surface area contributed by atoms with Gasteiger partial charge in [-0.3, -0.25) is 4.79 Å². The van der Waals surface area contributed by atoms with Crippen LogP contribution in [0.3, 0.4) is 0 Å². The number of carbonyl (C=O) groups excluding carboxylic acids is 1. The smallest absolute Gasteiger partial charge is 0.362 e. The number of amides is 1. The highest BCUT2D eigenvalue weighted by atomic mass is 19.4. The molecule has 1 aliphatic rings. The van der Waals surface area contributed by atoms with Gasteiger partial charge in [0.05, 0.1) is 12.8 Å². The van der Waals surface area contributed by atoms with E-state index in [1.807, 2.05) is 0 Å². The Morgan fingerprint density at radius 3 is 2.22 bits per heavy atom. The van der Waals surface area contributed by atoms with Crippen LogP contribution < -0.4 is 0 Å². The first-order valence-corrected chi connectivity index (χ1v) is 6.26. The number of hydrogen-bond acceptors (Lipinski definition) is 3. The zero-order valence-corrected chi connectivity index (χ0v) is 11.3. The third-order valence-corrected chi connectivity index (χ3v) is 3.20. The molecular weight excluding hydrogens is 330 g/mol. The van der Waals surface area contributed by atoms with Crippen LogP contribution in [-0.2, 0) is 11.2 Å². The van der Waals surface area contributed by atoms with Gasteiger partial charge in [-0.2, -0.15) is 36.5 Å². The highest BCUT2D eigenvalue weighted by Gasteiger charge is 2.65. The molecule has 23 heavy (non-hydrogen) atoms. The number of alkyl halides is 6. The van der Waals surface area contributed by atoms with Crippen LogP contribution in [0.2, 0.25) is 0 Å². The average molecular weight is 340 g/mol. The highest BCUT2D eigenvalue weighted by Crippen LogP contribution is 2.43. The number of hydrogen-bond donors (Lipinski definition) is 1. The lowest BCUT2D eigenvalue weighted by Gasteiger charge is -2.32. The van der Waals surface area contributed by atoms with Crippen molar-refractivity contribution in [3.05, 3.63) is 35.9 Å². The van der Waals surface area contributed by atoms with Crippen LogP contribution in [0.5, 0.6) is 0 Å². The summed E-state index contributed by atoms with van der Waals surface area (Å²) in [7, 11) is 0. The Morgan fingerprint density at radius 1 is 1.17 bits per heavy atom. The fraction of sp³-hybridized carbons (Fsp3) is 0.385. The first-order valence-electron chi connectivity index (χ1n) is 6.26. The van der Waals surface area contributed by atoms with E-state index in [4.69, 9.17) is 0 Å². The number of aliphatic hydroxyl groups is 1. The maximum Gasteiger partial charge on any atom is 0.438 e. The Kier molecular flexibility index (Phi) is 4.14. The van der Waals surface area contributed by atoms with E-state index in [-0.39, 0.29) is 5.56 Å². The molecule has 1 aliphatic heterocycles. The lowest BCUT2D eigenvalue weighted by atomic mass is 10.1. The Hall–Kier alpha value is -2.10. The van der Waals surface area contributed by atoms with E-state index in [0.717, 1.165) is 0 Å². The molecule has 0 saturated carbocycles. The predicted molar refractivity (Wildman–Crippen MR) is 66.1 cm³/mol. The Balaban J connectivity index is 2.34. The van der Waals surface area contributed by atoms with Gasteiger partial charge in [0.2, 0.25) is 5.91 Å². The van der Waals surface area contributed by atoms with Crippen LogP contribution >= 0.6 is 0 Å². The Bertz CT molecular complexity index is 626. The van der Waals surface area contributed by atoms with Gasteiger partial charge in [0, 0.05) is 0 Å². The van der Waals surface area contributed by atoms with E-state index >= 15 is 0 Å². The third kappa shape index (κ3) is 3.31. The number of benzene rings is 1. The molecule has 0 saturated heterocycles. The predicted octanol–water partition coefficient (Wildman–Crippen LogP) is 2.63. The molecule has 1 aromatic carbocycles. The molecule has 0 aliphatic carbocycles. The maximum atomic E-state index is 13.0. The van der Waals surface area contributed by atoms with Crippen LogP contribution in [0.1, 0.15) is 12.0 Å². The minimum Gasteiger partial charge on any atom is -0.362 e. The second-order valence-corrected chi connectivity index (χ2v) is 4.90. The van der Waals surface area contributed by atoms with Crippen molar-refractivity contribution in [1.82, 2.24) is 5.01 Å². The lowest BCUT2D eigenvalue weighted by Crippen LogP contribution is -2.57. The van der Waals surface area contributed by atoms with E-state index in [2.05, 4.69) is 5.10 Å². The van der Waals surface area contributed by atoms with E-state index in [1.54, 1.807) is 6.07 Å². The number of rotatable bonds is 2. The first-order chi connectivity index (χ1) is 10.4. The molecule has 0 fully saturated rings. The average Bonchev–Trinajstić information content (AvgIpc) is 2.79. The maximum absolute atomic E-state index is 13.0. The van der Waals surface area contributed by atoms with Crippen molar-refractivity contribution in [2.75, 3.05) is 0 Å². The van der Waals surface area contributed by atoms with Gasteiger partial charge in [0.1, 0.15) is 5.71 Å². The second kappa shape index (κ2) is 5.52. The molecule has 1 atom stereocenters. The molecule has 126 valence electrons. The molecule has 0 unspecified atom stereocenters. The van der Waals surface area contributed by atoms with Crippen molar-refractivity contribution in [3.63, 3.8) is 0 Å². The monoisotopic (exact) mass is 340 g/mol. The fourth-order valence-corrected chi connectivity index (χ4v) is 2.03. The SMILES string of the molecule is O=C(Cc1ccccc1)N1N=C(C(F)(F)F)C[C@]1(O)C(F)(F)F. The number of nitrogens with zero attached hydrogens (tertiary/aromatic N) is 2. The van der Waals surface area contributed by atoms with Crippen LogP contribution in [0.4, 0.5) is 26.3 Å². The van der Waals surface area contributed by atoms with Crippen molar-refractivity contribution < 1.29 is 36.2 Å². The zero-order chi connectivity index (χ0) is 17.5. The summed E-state index contributed by atoms with van der Waals surface area (Å²) >= 11 is 0. The molecular formula is C13H10F6N2O2. The minimum absolute atomic E-state index is 0.276. The molecule has 0 radical (unpaired) electrons. The second-order valence-electron chi connectivity index (χ2n) is 4.90. The Labute approximate surface area is 126 Å².